The highest BCUT2D eigenvalue weighted by atomic mass is 32.1. The van der Waals surface area contributed by atoms with E-state index in [1.165, 1.54) is 22.3 Å². The SMILES string of the molecule is COc1cc([C@@H](c2sc3nc(C)nn3c2O)N2C[C@H](C)C[C@H](C)C2)cc(OC)c1OC. The minimum absolute atomic E-state index is 0.130. The minimum Gasteiger partial charge on any atom is -0.493 e. The van der Waals surface area contributed by atoms with Crippen molar-refractivity contribution in [2.24, 2.45) is 11.8 Å². The van der Waals surface area contributed by atoms with Crippen molar-refractivity contribution < 1.29 is 19.3 Å². The summed E-state index contributed by atoms with van der Waals surface area (Å²) < 4.78 is 18.3. The first-order chi connectivity index (χ1) is 14.9. The lowest BCUT2D eigenvalue weighted by molar-refractivity contribution is 0.111. The molecule has 3 heterocycles. The van der Waals surface area contributed by atoms with Gasteiger partial charge in [0.2, 0.25) is 16.6 Å². The molecule has 1 N–H and O–H groups in total. The van der Waals surface area contributed by atoms with Crippen molar-refractivity contribution in [3.63, 3.8) is 0 Å². The molecule has 168 valence electrons. The Morgan fingerprint density at radius 2 is 1.68 bits per heavy atom. The molecule has 0 aliphatic carbocycles. The fourth-order valence-corrected chi connectivity index (χ4v) is 5.90. The Bertz CT molecular complexity index is 1040. The number of benzene rings is 1. The number of aromatic hydroxyl groups is 1. The van der Waals surface area contributed by atoms with Crippen molar-refractivity contribution >= 4 is 16.3 Å². The second kappa shape index (κ2) is 8.55. The molecule has 1 fully saturated rings. The van der Waals surface area contributed by atoms with Crippen LogP contribution in [-0.4, -0.2) is 59.0 Å². The summed E-state index contributed by atoms with van der Waals surface area (Å²) in [6.07, 6.45) is 1.19. The summed E-state index contributed by atoms with van der Waals surface area (Å²) >= 11 is 1.47. The Balaban J connectivity index is 1.90. The zero-order valence-electron chi connectivity index (χ0n) is 18.9. The van der Waals surface area contributed by atoms with E-state index in [2.05, 4.69) is 28.8 Å². The monoisotopic (exact) mass is 446 g/mol. The maximum absolute atomic E-state index is 11.1. The predicted molar refractivity (Wildman–Crippen MR) is 120 cm³/mol. The zero-order valence-corrected chi connectivity index (χ0v) is 19.7. The highest BCUT2D eigenvalue weighted by Crippen LogP contribution is 2.46. The van der Waals surface area contributed by atoms with E-state index in [-0.39, 0.29) is 11.9 Å². The van der Waals surface area contributed by atoms with Crippen molar-refractivity contribution in [2.75, 3.05) is 34.4 Å². The van der Waals surface area contributed by atoms with Gasteiger partial charge in [0.05, 0.1) is 32.2 Å². The molecule has 1 saturated heterocycles. The number of aromatic nitrogens is 3. The maximum Gasteiger partial charge on any atom is 0.230 e. The molecule has 1 aromatic carbocycles. The van der Waals surface area contributed by atoms with Crippen molar-refractivity contribution in [1.82, 2.24) is 19.5 Å². The number of hydrogen-bond donors (Lipinski definition) is 1. The van der Waals surface area contributed by atoms with E-state index in [1.54, 1.807) is 21.3 Å². The lowest BCUT2D eigenvalue weighted by atomic mass is 9.89. The summed E-state index contributed by atoms with van der Waals surface area (Å²) in [5.41, 5.74) is 0.965. The molecule has 0 unspecified atom stereocenters. The van der Waals surface area contributed by atoms with E-state index in [1.807, 2.05) is 19.1 Å². The zero-order chi connectivity index (χ0) is 22.3. The van der Waals surface area contributed by atoms with E-state index in [0.717, 1.165) is 23.5 Å². The summed E-state index contributed by atoms with van der Waals surface area (Å²) in [5, 5.41) is 15.5. The molecule has 0 spiro atoms. The Morgan fingerprint density at radius 1 is 1.06 bits per heavy atom. The summed E-state index contributed by atoms with van der Waals surface area (Å²) in [7, 11) is 4.83. The molecule has 0 amide bonds. The molecule has 1 aliphatic rings. The van der Waals surface area contributed by atoms with Gasteiger partial charge in [0, 0.05) is 13.1 Å². The van der Waals surface area contributed by atoms with E-state index in [0.29, 0.717) is 39.9 Å². The fraction of sp³-hybridized carbons (Fsp3) is 0.545. The van der Waals surface area contributed by atoms with Gasteiger partial charge in [-0.1, -0.05) is 25.2 Å². The van der Waals surface area contributed by atoms with Crippen LogP contribution in [0.1, 0.15) is 42.6 Å². The summed E-state index contributed by atoms with van der Waals surface area (Å²) in [6.45, 7) is 8.24. The first-order valence-corrected chi connectivity index (χ1v) is 11.3. The molecule has 8 nitrogen and oxygen atoms in total. The lowest BCUT2D eigenvalue weighted by Crippen LogP contribution is -2.41. The third-order valence-corrected chi connectivity index (χ3v) is 6.89. The van der Waals surface area contributed by atoms with Crippen LogP contribution in [0.4, 0.5) is 0 Å². The van der Waals surface area contributed by atoms with Crippen molar-refractivity contribution in [3.8, 4) is 23.1 Å². The normalized spacial score (nSPS) is 20.7. The van der Waals surface area contributed by atoms with Gasteiger partial charge in [-0.2, -0.15) is 4.52 Å². The molecule has 4 rings (SSSR count). The van der Waals surface area contributed by atoms with Crippen LogP contribution >= 0.6 is 11.3 Å². The van der Waals surface area contributed by atoms with Gasteiger partial charge in [-0.15, -0.1) is 5.10 Å². The molecule has 9 heteroatoms. The van der Waals surface area contributed by atoms with E-state index in [4.69, 9.17) is 14.2 Å². The number of rotatable bonds is 6. The number of likely N-dealkylation sites (tertiary alicyclic amines) is 1. The molecule has 31 heavy (non-hydrogen) atoms. The summed E-state index contributed by atoms with van der Waals surface area (Å²) in [5.74, 6) is 3.61. The molecule has 0 saturated carbocycles. The molecule has 1 aliphatic heterocycles. The van der Waals surface area contributed by atoms with Crippen LogP contribution in [0.2, 0.25) is 0 Å². The molecule has 0 radical (unpaired) electrons. The largest absolute Gasteiger partial charge is 0.493 e. The van der Waals surface area contributed by atoms with Gasteiger partial charge in [0.25, 0.3) is 0 Å². The molecular weight excluding hydrogens is 416 g/mol. The number of aryl methyl sites for hydroxylation is 1. The number of methoxy groups -OCH3 is 3. The predicted octanol–water partition coefficient (Wildman–Crippen LogP) is 3.90. The number of thiazole rings is 1. The third-order valence-electron chi connectivity index (χ3n) is 5.82. The van der Waals surface area contributed by atoms with Crippen molar-refractivity contribution in [2.45, 2.75) is 33.2 Å². The smallest absolute Gasteiger partial charge is 0.230 e. The first kappa shape index (κ1) is 21.7. The van der Waals surface area contributed by atoms with Crippen LogP contribution in [0, 0.1) is 18.8 Å². The van der Waals surface area contributed by atoms with Crippen LogP contribution in [0.5, 0.6) is 23.1 Å². The number of hydrogen-bond acceptors (Lipinski definition) is 8. The number of ether oxygens (including phenoxy) is 3. The number of piperidine rings is 1. The quantitative estimate of drug-likeness (QED) is 0.615. The third kappa shape index (κ3) is 3.92. The first-order valence-electron chi connectivity index (χ1n) is 10.4. The number of fused-ring (bicyclic) bond motifs is 1. The van der Waals surface area contributed by atoms with Gasteiger partial charge in [0.1, 0.15) is 5.82 Å². The van der Waals surface area contributed by atoms with Gasteiger partial charge in [0.15, 0.2) is 11.5 Å². The maximum atomic E-state index is 11.1. The van der Waals surface area contributed by atoms with Crippen LogP contribution in [0.3, 0.4) is 0 Å². The van der Waals surface area contributed by atoms with Gasteiger partial charge in [-0.05, 0) is 42.9 Å². The van der Waals surface area contributed by atoms with Crippen molar-refractivity contribution in [1.29, 1.82) is 0 Å². The Labute approximate surface area is 186 Å². The second-order valence-electron chi connectivity index (χ2n) is 8.40. The highest BCUT2D eigenvalue weighted by Gasteiger charge is 2.34. The van der Waals surface area contributed by atoms with Crippen LogP contribution in [0.15, 0.2) is 12.1 Å². The van der Waals surface area contributed by atoms with E-state index in [9.17, 15) is 5.11 Å². The van der Waals surface area contributed by atoms with Crippen LogP contribution in [-0.2, 0) is 0 Å². The van der Waals surface area contributed by atoms with Gasteiger partial charge < -0.3 is 19.3 Å². The van der Waals surface area contributed by atoms with E-state index < -0.39 is 0 Å². The Hall–Kier alpha value is -2.52. The fourth-order valence-electron chi connectivity index (χ4n) is 4.74. The number of nitrogens with zero attached hydrogens (tertiary/aromatic N) is 4. The minimum atomic E-state index is -0.187. The standard InChI is InChI=1S/C22H30N4O4S/c1-12-7-13(2)11-25(10-12)18(20-21(27)26-22(31-20)23-14(3)24-26)15-8-16(28-4)19(30-6)17(9-15)29-5/h8-9,12-13,18,27H,7,10-11H2,1-6H3/t12-,13+,18-/m0/s1. The van der Waals surface area contributed by atoms with Crippen LogP contribution < -0.4 is 14.2 Å². The molecular formula is C22H30N4O4S. The average molecular weight is 447 g/mol. The summed E-state index contributed by atoms with van der Waals surface area (Å²) in [4.78, 5) is 8.38. The van der Waals surface area contributed by atoms with Gasteiger partial charge in [-0.25, -0.2) is 4.98 Å². The molecule has 3 aromatic rings. The Kier molecular flexibility index (Phi) is 5.98. The van der Waals surface area contributed by atoms with Crippen LogP contribution in [0.25, 0.3) is 4.96 Å². The Morgan fingerprint density at radius 3 is 2.19 bits per heavy atom. The van der Waals surface area contributed by atoms with Gasteiger partial charge in [-0.3, -0.25) is 4.90 Å². The molecule has 3 atom stereocenters. The van der Waals surface area contributed by atoms with E-state index >= 15 is 0 Å². The van der Waals surface area contributed by atoms with Gasteiger partial charge >= 0.3 is 0 Å². The van der Waals surface area contributed by atoms with Crippen molar-refractivity contribution in [3.05, 3.63) is 28.4 Å². The molecule has 0 bridgehead atoms. The molecule has 2 aromatic heterocycles. The second-order valence-corrected chi connectivity index (χ2v) is 9.41. The average Bonchev–Trinajstić information content (AvgIpc) is 3.24. The lowest BCUT2D eigenvalue weighted by Gasteiger charge is -2.40. The summed E-state index contributed by atoms with van der Waals surface area (Å²) in [6, 6.07) is 3.75. The topological polar surface area (TPSA) is 81.4 Å². The highest BCUT2D eigenvalue weighted by molar-refractivity contribution is 7.17.